The SMILES string of the molecule is CCCCCCCCCCC/C=C/CC/C=C/C(O)C(COC1OC(CO)C(O)C(O)C1O)NC(=O)C(O)CCCCCCCCCCCCCCCCCC/C=C\C/C=C\CCCCCCCCCCCCCCCCC. The second kappa shape index (κ2) is 56.9. The molecule has 0 spiro atoms. The highest BCUT2D eigenvalue weighted by Gasteiger charge is 2.44. The molecule has 1 saturated heterocycles. The van der Waals surface area contributed by atoms with Crippen LogP contribution in [0.25, 0.3) is 0 Å². The third-order valence-corrected chi connectivity index (χ3v) is 16.0. The van der Waals surface area contributed by atoms with E-state index in [-0.39, 0.29) is 6.61 Å². The Labute approximate surface area is 480 Å². The molecule has 458 valence electrons. The molecule has 1 rings (SSSR count). The molecule has 78 heavy (non-hydrogen) atoms. The first-order chi connectivity index (χ1) is 38.3. The van der Waals surface area contributed by atoms with Crippen molar-refractivity contribution in [3.63, 3.8) is 0 Å². The van der Waals surface area contributed by atoms with E-state index >= 15 is 0 Å². The summed E-state index contributed by atoms with van der Waals surface area (Å²) in [6, 6.07) is -0.998. The molecule has 1 heterocycles. The van der Waals surface area contributed by atoms with Crippen LogP contribution in [0.15, 0.2) is 48.6 Å². The predicted octanol–water partition coefficient (Wildman–Crippen LogP) is 16.6. The quantitative estimate of drug-likeness (QED) is 0.0232. The van der Waals surface area contributed by atoms with Gasteiger partial charge in [0.15, 0.2) is 6.29 Å². The first-order valence-corrected chi connectivity index (χ1v) is 33.5. The van der Waals surface area contributed by atoms with Gasteiger partial charge in [-0.15, -0.1) is 0 Å². The number of amides is 1. The van der Waals surface area contributed by atoms with Crippen LogP contribution < -0.4 is 5.32 Å². The van der Waals surface area contributed by atoms with Crippen LogP contribution in [0, 0.1) is 0 Å². The average Bonchev–Trinajstić information content (AvgIpc) is 3.44. The molecule has 8 unspecified atom stereocenters. The second-order valence-electron chi connectivity index (χ2n) is 23.4. The largest absolute Gasteiger partial charge is 0.394 e. The number of hydrogen-bond donors (Lipinski definition) is 7. The van der Waals surface area contributed by atoms with Crippen LogP contribution in [0.5, 0.6) is 0 Å². The molecule has 7 N–H and O–H groups in total. The van der Waals surface area contributed by atoms with Crippen LogP contribution in [0.1, 0.15) is 316 Å². The minimum atomic E-state index is -1.62. The van der Waals surface area contributed by atoms with Gasteiger partial charge >= 0.3 is 0 Å². The molecule has 0 aromatic carbocycles. The Bertz CT molecular complexity index is 1390. The van der Waals surface area contributed by atoms with Gasteiger partial charge in [-0.1, -0.05) is 300 Å². The van der Waals surface area contributed by atoms with Crippen molar-refractivity contribution in [3.05, 3.63) is 48.6 Å². The normalized spacial score (nSPS) is 19.3. The lowest BCUT2D eigenvalue weighted by atomic mass is 9.99. The summed E-state index contributed by atoms with van der Waals surface area (Å²) in [7, 11) is 0. The fourth-order valence-corrected chi connectivity index (χ4v) is 10.6. The number of allylic oxidation sites excluding steroid dienone is 7. The van der Waals surface area contributed by atoms with Gasteiger partial charge in [-0.05, 0) is 64.2 Å². The van der Waals surface area contributed by atoms with Crippen molar-refractivity contribution >= 4 is 5.91 Å². The van der Waals surface area contributed by atoms with Crippen LogP contribution in [-0.4, -0.2) is 98.7 Å². The van der Waals surface area contributed by atoms with Gasteiger partial charge in [0, 0.05) is 0 Å². The number of hydrogen-bond acceptors (Lipinski definition) is 9. The molecule has 1 aliphatic heterocycles. The standard InChI is InChI=1S/C68H127NO9/c1-3-5-7-9-11-13-15-17-19-20-21-22-23-24-25-26-27-28-29-30-31-32-33-34-35-36-37-38-39-40-41-43-45-47-49-51-53-55-57-62(72)67(76)69-60(59-77-68-66(75)65(74)64(73)63(58-70)78-68)61(71)56-54-52-50-48-46-44-42-18-16-14-12-10-8-6-4-2/h27-28,30-31,46,48,54,56,60-66,68,70-75H,3-26,29,32-45,47,49-53,55,57-59H2,1-2H3,(H,69,76)/b28-27-,31-30-,48-46+,56-54+. The van der Waals surface area contributed by atoms with E-state index in [0.717, 1.165) is 38.5 Å². The number of carbonyl (C=O) groups is 1. The molecule has 8 atom stereocenters. The third-order valence-electron chi connectivity index (χ3n) is 16.0. The van der Waals surface area contributed by atoms with Crippen LogP contribution >= 0.6 is 0 Å². The topological polar surface area (TPSA) is 169 Å². The number of nitrogens with one attached hydrogen (secondary N) is 1. The predicted molar refractivity (Wildman–Crippen MR) is 329 cm³/mol. The minimum Gasteiger partial charge on any atom is -0.394 e. The molecule has 0 aliphatic carbocycles. The highest BCUT2D eigenvalue weighted by molar-refractivity contribution is 5.80. The van der Waals surface area contributed by atoms with E-state index < -0.39 is 61.5 Å². The Balaban J connectivity index is 2.10. The number of aliphatic hydroxyl groups is 6. The molecule has 1 amide bonds. The van der Waals surface area contributed by atoms with E-state index in [9.17, 15) is 35.4 Å². The first-order valence-electron chi connectivity index (χ1n) is 33.5. The molecule has 0 saturated carbocycles. The fourth-order valence-electron chi connectivity index (χ4n) is 10.6. The maximum absolute atomic E-state index is 13.2. The fraction of sp³-hybridized carbons (Fsp3) is 0.868. The molecule has 0 aromatic heterocycles. The lowest BCUT2D eigenvalue weighted by Gasteiger charge is -2.40. The zero-order valence-electron chi connectivity index (χ0n) is 50.8. The van der Waals surface area contributed by atoms with E-state index in [1.807, 2.05) is 6.08 Å². The number of ether oxygens (including phenoxy) is 2. The number of unbranched alkanes of at least 4 members (excludes halogenated alkanes) is 41. The molecule has 10 nitrogen and oxygen atoms in total. The van der Waals surface area contributed by atoms with Gasteiger partial charge in [-0.25, -0.2) is 0 Å². The molecule has 1 fully saturated rings. The summed E-state index contributed by atoms with van der Waals surface area (Å²) in [6.45, 7) is 3.62. The van der Waals surface area contributed by atoms with Gasteiger partial charge in [0.1, 0.15) is 30.5 Å². The van der Waals surface area contributed by atoms with Crippen LogP contribution in [-0.2, 0) is 14.3 Å². The third kappa shape index (κ3) is 44.7. The van der Waals surface area contributed by atoms with Crippen molar-refractivity contribution in [1.82, 2.24) is 5.32 Å². The van der Waals surface area contributed by atoms with Gasteiger partial charge in [0.25, 0.3) is 0 Å². The Kier molecular flexibility index (Phi) is 54.1. The van der Waals surface area contributed by atoms with Crippen molar-refractivity contribution in [2.75, 3.05) is 13.2 Å². The lowest BCUT2D eigenvalue weighted by molar-refractivity contribution is -0.302. The Morgan fingerprint density at radius 2 is 0.795 bits per heavy atom. The summed E-state index contributed by atoms with van der Waals surface area (Å²) in [5, 5.41) is 65.1. The maximum atomic E-state index is 13.2. The summed E-state index contributed by atoms with van der Waals surface area (Å²) < 4.78 is 11.2. The summed E-state index contributed by atoms with van der Waals surface area (Å²) in [5.74, 6) is -0.623. The van der Waals surface area contributed by atoms with E-state index in [1.54, 1.807) is 6.08 Å². The maximum Gasteiger partial charge on any atom is 0.249 e. The van der Waals surface area contributed by atoms with Crippen LogP contribution in [0.2, 0.25) is 0 Å². The van der Waals surface area contributed by atoms with Crippen molar-refractivity contribution in [1.29, 1.82) is 0 Å². The Morgan fingerprint density at radius 1 is 0.449 bits per heavy atom. The summed E-state index contributed by atoms with van der Waals surface area (Å²) in [5.41, 5.74) is 0. The Hall–Kier alpha value is -1.89. The molecular weight excluding hydrogens is 975 g/mol. The van der Waals surface area contributed by atoms with Gasteiger partial charge in [0.05, 0.1) is 25.4 Å². The molecule has 0 radical (unpaired) electrons. The van der Waals surface area contributed by atoms with Crippen LogP contribution in [0.4, 0.5) is 0 Å². The monoisotopic (exact) mass is 1100 g/mol. The summed E-state index contributed by atoms with van der Waals surface area (Å²) in [6.07, 6.45) is 66.9. The van der Waals surface area contributed by atoms with Gasteiger partial charge in [-0.2, -0.15) is 0 Å². The molecule has 1 aliphatic rings. The summed E-state index contributed by atoms with van der Waals surface area (Å²) >= 11 is 0. The Morgan fingerprint density at radius 3 is 1.19 bits per heavy atom. The zero-order valence-corrected chi connectivity index (χ0v) is 50.8. The molecular formula is C68H127NO9. The highest BCUT2D eigenvalue weighted by Crippen LogP contribution is 2.23. The van der Waals surface area contributed by atoms with Gasteiger partial charge in [-0.3, -0.25) is 4.79 Å². The number of carbonyl (C=O) groups excluding carboxylic acids is 1. The smallest absolute Gasteiger partial charge is 0.249 e. The van der Waals surface area contributed by atoms with E-state index in [1.165, 1.54) is 244 Å². The van der Waals surface area contributed by atoms with Crippen molar-refractivity contribution in [2.24, 2.45) is 0 Å². The first kappa shape index (κ1) is 74.1. The van der Waals surface area contributed by atoms with E-state index in [2.05, 4.69) is 55.6 Å². The van der Waals surface area contributed by atoms with Crippen molar-refractivity contribution in [3.8, 4) is 0 Å². The molecule has 0 aromatic rings. The lowest BCUT2D eigenvalue weighted by Crippen LogP contribution is -2.60. The van der Waals surface area contributed by atoms with E-state index in [4.69, 9.17) is 9.47 Å². The van der Waals surface area contributed by atoms with Crippen LogP contribution in [0.3, 0.4) is 0 Å². The minimum absolute atomic E-state index is 0.304. The van der Waals surface area contributed by atoms with Crippen molar-refractivity contribution < 1.29 is 44.9 Å². The van der Waals surface area contributed by atoms with E-state index in [0.29, 0.717) is 19.3 Å². The van der Waals surface area contributed by atoms with Gasteiger partial charge in [0.2, 0.25) is 5.91 Å². The summed E-state index contributed by atoms with van der Waals surface area (Å²) in [4.78, 5) is 13.2. The molecule has 10 heteroatoms. The molecule has 0 bridgehead atoms. The average molecular weight is 1100 g/mol. The second-order valence-corrected chi connectivity index (χ2v) is 23.4. The number of rotatable bonds is 58. The zero-order chi connectivity index (χ0) is 56.6. The van der Waals surface area contributed by atoms with Gasteiger partial charge < -0.3 is 45.4 Å². The number of aliphatic hydroxyl groups excluding tert-OH is 6. The highest BCUT2D eigenvalue weighted by atomic mass is 16.7. The van der Waals surface area contributed by atoms with Crippen molar-refractivity contribution in [2.45, 2.75) is 365 Å².